The molecule has 0 aromatic heterocycles. The second-order valence-corrected chi connectivity index (χ2v) is 6.22. The Morgan fingerprint density at radius 1 is 1.37 bits per heavy atom. The summed E-state index contributed by atoms with van der Waals surface area (Å²) in [5, 5.41) is 5.95. The number of nitrogens with one attached hydrogen (secondary N) is 2. The molecule has 0 unspecified atom stereocenters. The van der Waals surface area contributed by atoms with Gasteiger partial charge in [0.25, 0.3) is 0 Å². The first-order valence-corrected chi connectivity index (χ1v) is 7.63. The van der Waals surface area contributed by atoms with Gasteiger partial charge in [0.1, 0.15) is 0 Å². The van der Waals surface area contributed by atoms with Gasteiger partial charge in [-0.05, 0) is 37.6 Å². The molecule has 2 rings (SSSR count). The molecule has 1 aliphatic rings. The fourth-order valence-electron chi connectivity index (χ4n) is 2.93. The number of hydrogen-bond acceptors (Lipinski definition) is 2. The van der Waals surface area contributed by atoms with Crippen LogP contribution in [0, 0.1) is 0 Å². The lowest BCUT2D eigenvalue weighted by Gasteiger charge is -2.30. The average Bonchev–Trinajstić information content (AvgIpc) is 2.87. The molecule has 0 heterocycles. The van der Waals surface area contributed by atoms with Crippen LogP contribution in [-0.2, 0) is 10.2 Å². The van der Waals surface area contributed by atoms with Gasteiger partial charge in [-0.1, -0.05) is 40.9 Å². The van der Waals surface area contributed by atoms with Gasteiger partial charge < -0.3 is 10.6 Å². The van der Waals surface area contributed by atoms with E-state index in [0.29, 0.717) is 6.54 Å². The number of amides is 1. The molecule has 0 aliphatic heterocycles. The number of benzene rings is 1. The predicted octanol–water partition coefficient (Wildman–Crippen LogP) is 2.60. The van der Waals surface area contributed by atoms with Crippen LogP contribution in [0.15, 0.2) is 28.7 Å². The molecule has 19 heavy (non-hydrogen) atoms. The van der Waals surface area contributed by atoms with Crippen LogP contribution in [0.4, 0.5) is 0 Å². The Kier molecular flexibility index (Phi) is 4.99. The zero-order valence-electron chi connectivity index (χ0n) is 11.3. The number of rotatable bonds is 5. The molecule has 1 saturated carbocycles. The molecule has 1 amide bonds. The van der Waals surface area contributed by atoms with Crippen LogP contribution in [0.1, 0.15) is 31.2 Å². The normalized spacial score (nSPS) is 17.4. The maximum absolute atomic E-state index is 11.7. The number of hydrogen-bond donors (Lipinski definition) is 2. The van der Waals surface area contributed by atoms with Crippen molar-refractivity contribution in [2.45, 2.75) is 31.1 Å². The smallest absolute Gasteiger partial charge is 0.233 e. The summed E-state index contributed by atoms with van der Waals surface area (Å²) < 4.78 is 1.11. The van der Waals surface area contributed by atoms with Crippen molar-refractivity contribution < 1.29 is 4.79 Å². The molecule has 0 atom stereocenters. The summed E-state index contributed by atoms with van der Waals surface area (Å²) in [7, 11) is 1.79. The molecule has 0 saturated heterocycles. The van der Waals surface area contributed by atoms with Crippen molar-refractivity contribution in [2.75, 3.05) is 20.1 Å². The SMILES string of the molecule is CNCC(=O)NCC1(c2cccc(Br)c2)CCCC1. The highest BCUT2D eigenvalue weighted by molar-refractivity contribution is 9.10. The fourth-order valence-corrected chi connectivity index (χ4v) is 3.33. The monoisotopic (exact) mass is 324 g/mol. The summed E-state index contributed by atoms with van der Waals surface area (Å²) in [6, 6.07) is 8.50. The van der Waals surface area contributed by atoms with Crippen molar-refractivity contribution in [3.05, 3.63) is 34.3 Å². The zero-order valence-corrected chi connectivity index (χ0v) is 12.9. The van der Waals surface area contributed by atoms with Crippen LogP contribution in [0.2, 0.25) is 0 Å². The summed E-state index contributed by atoms with van der Waals surface area (Å²) in [6.07, 6.45) is 4.80. The summed E-state index contributed by atoms with van der Waals surface area (Å²) in [5.41, 5.74) is 1.46. The zero-order chi connectivity index (χ0) is 13.7. The maximum Gasteiger partial charge on any atom is 0.233 e. The number of likely N-dealkylation sites (N-methyl/N-ethyl adjacent to an activating group) is 1. The third-order valence-corrected chi connectivity index (χ3v) is 4.45. The molecule has 0 radical (unpaired) electrons. The van der Waals surface area contributed by atoms with Crippen LogP contribution in [0.5, 0.6) is 0 Å². The highest BCUT2D eigenvalue weighted by atomic mass is 79.9. The van der Waals surface area contributed by atoms with Crippen LogP contribution in [0.25, 0.3) is 0 Å². The summed E-state index contributed by atoms with van der Waals surface area (Å²) >= 11 is 3.54. The molecule has 3 nitrogen and oxygen atoms in total. The second-order valence-electron chi connectivity index (χ2n) is 5.30. The highest BCUT2D eigenvalue weighted by Gasteiger charge is 2.35. The predicted molar refractivity (Wildman–Crippen MR) is 81.2 cm³/mol. The van der Waals surface area contributed by atoms with E-state index in [1.165, 1.54) is 18.4 Å². The van der Waals surface area contributed by atoms with Crippen molar-refractivity contribution >= 4 is 21.8 Å². The largest absolute Gasteiger partial charge is 0.354 e. The molecule has 104 valence electrons. The Bertz CT molecular complexity index is 442. The lowest BCUT2D eigenvalue weighted by atomic mass is 9.79. The summed E-state index contributed by atoms with van der Waals surface area (Å²) in [5.74, 6) is 0.0729. The molecule has 4 heteroatoms. The van der Waals surface area contributed by atoms with E-state index in [0.717, 1.165) is 23.9 Å². The van der Waals surface area contributed by atoms with Crippen molar-refractivity contribution in [1.82, 2.24) is 10.6 Å². The topological polar surface area (TPSA) is 41.1 Å². The van der Waals surface area contributed by atoms with E-state index in [4.69, 9.17) is 0 Å². The van der Waals surface area contributed by atoms with Crippen LogP contribution in [-0.4, -0.2) is 26.0 Å². The summed E-state index contributed by atoms with van der Waals surface area (Å²) in [4.78, 5) is 11.7. The third-order valence-electron chi connectivity index (χ3n) is 3.96. The van der Waals surface area contributed by atoms with E-state index in [2.05, 4.69) is 44.8 Å². The van der Waals surface area contributed by atoms with Crippen LogP contribution >= 0.6 is 15.9 Å². The second kappa shape index (κ2) is 6.53. The minimum atomic E-state index is 0.0729. The number of carbonyl (C=O) groups excluding carboxylic acids is 1. The minimum Gasteiger partial charge on any atom is -0.354 e. The van der Waals surface area contributed by atoms with Crippen LogP contribution in [0.3, 0.4) is 0 Å². The van der Waals surface area contributed by atoms with Gasteiger partial charge in [-0.25, -0.2) is 0 Å². The molecule has 1 fully saturated rings. The average molecular weight is 325 g/mol. The van der Waals surface area contributed by atoms with Gasteiger partial charge in [-0.3, -0.25) is 4.79 Å². The third kappa shape index (κ3) is 3.57. The Hall–Kier alpha value is -0.870. The first-order valence-electron chi connectivity index (χ1n) is 6.84. The van der Waals surface area contributed by atoms with E-state index in [1.807, 2.05) is 6.07 Å². The molecule has 0 spiro atoms. The van der Waals surface area contributed by atoms with Gasteiger partial charge in [0, 0.05) is 16.4 Å². The molecule has 0 bridgehead atoms. The van der Waals surface area contributed by atoms with Gasteiger partial charge in [-0.2, -0.15) is 0 Å². The molecule has 1 aliphatic carbocycles. The van der Waals surface area contributed by atoms with Gasteiger partial charge in [-0.15, -0.1) is 0 Å². The van der Waals surface area contributed by atoms with E-state index in [9.17, 15) is 4.79 Å². The number of carbonyl (C=O) groups is 1. The van der Waals surface area contributed by atoms with E-state index in [-0.39, 0.29) is 11.3 Å². The standard InChI is InChI=1S/C15H21BrN2O/c1-17-10-14(19)18-11-15(7-2-3-8-15)12-5-4-6-13(16)9-12/h4-6,9,17H,2-3,7-8,10-11H2,1H3,(H,18,19). The summed E-state index contributed by atoms with van der Waals surface area (Å²) in [6.45, 7) is 1.12. The maximum atomic E-state index is 11.7. The van der Waals surface area contributed by atoms with Crippen molar-refractivity contribution in [2.24, 2.45) is 0 Å². The van der Waals surface area contributed by atoms with Gasteiger partial charge >= 0.3 is 0 Å². The van der Waals surface area contributed by atoms with Crippen LogP contribution < -0.4 is 10.6 Å². The Morgan fingerprint density at radius 2 is 2.11 bits per heavy atom. The number of halogens is 1. The molecule has 1 aromatic carbocycles. The van der Waals surface area contributed by atoms with Crippen molar-refractivity contribution in [1.29, 1.82) is 0 Å². The van der Waals surface area contributed by atoms with Crippen molar-refractivity contribution in [3.63, 3.8) is 0 Å². The van der Waals surface area contributed by atoms with Gasteiger partial charge in [0.2, 0.25) is 5.91 Å². The Balaban J connectivity index is 2.12. The van der Waals surface area contributed by atoms with Crippen molar-refractivity contribution in [3.8, 4) is 0 Å². The van der Waals surface area contributed by atoms with E-state index >= 15 is 0 Å². The minimum absolute atomic E-state index is 0.0729. The Morgan fingerprint density at radius 3 is 2.74 bits per heavy atom. The molecule has 2 N–H and O–H groups in total. The Labute approximate surface area is 123 Å². The van der Waals surface area contributed by atoms with E-state index in [1.54, 1.807) is 7.05 Å². The fraction of sp³-hybridized carbons (Fsp3) is 0.533. The lowest BCUT2D eigenvalue weighted by molar-refractivity contribution is -0.120. The first kappa shape index (κ1) is 14.5. The highest BCUT2D eigenvalue weighted by Crippen LogP contribution is 2.41. The first-order chi connectivity index (χ1) is 9.16. The van der Waals surface area contributed by atoms with Gasteiger partial charge in [0.15, 0.2) is 0 Å². The molecule has 1 aromatic rings. The quantitative estimate of drug-likeness (QED) is 0.874. The van der Waals surface area contributed by atoms with E-state index < -0.39 is 0 Å². The van der Waals surface area contributed by atoms with Gasteiger partial charge in [0.05, 0.1) is 6.54 Å². The molecular weight excluding hydrogens is 304 g/mol. The molecular formula is C15H21BrN2O. The lowest BCUT2D eigenvalue weighted by Crippen LogP contribution is -2.41.